The molecule has 3 heteroatoms. The standard InChI is InChI=1S/C22H24FNSi/c1-16-9-8-12-19(22(16)23)20-14-18(13-17-10-6-5-7-11-17)21(15-24-20)25(2,3)4/h5-12,14-15H,13H2,1-4H3/i13D2. The SMILES string of the molecule is [2H]C([2H])(c1ccccc1)c1cc(-c2cccc(C)c2F)ncc1[Si](C)(C)C. The first-order chi connectivity index (χ1) is 12.6. The van der Waals surface area contributed by atoms with E-state index in [0.29, 0.717) is 27.9 Å². The molecule has 0 atom stereocenters. The summed E-state index contributed by atoms with van der Waals surface area (Å²) in [5, 5.41) is 0.952. The van der Waals surface area contributed by atoms with Crippen LogP contribution in [0.2, 0.25) is 19.6 Å². The predicted octanol–water partition coefficient (Wildman–Crippen LogP) is 5.33. The Balaban J connectivity index is 2.26. The normalized spacial score (nSPS) is 13.3. The molecule has 1 aromatic heterocycles. The van der Waals surface area contributed by atoms with Gasteiger partial charge >= 0.3 is 0 Å². The number of benzene rings is 2. The Kier molecular flexibility index (Phi) is 4.16. The molecule has 0 aliphatic rings. The van der Waals surface area contributed by atoms with Crippen molar-refractivity contribution in [3.8, 4) is 11.3 Å². The molecule has 0 saturated heterocycles. The average Bonchev–Trinajstić information content (AvgIpc) is 2.63. The van der Waals surface area contributed by atoms with E-state index in [1.807, 2.05) is 18.2 Å². The summed E-state index contributed by atoms with van der Waals surface area (Å²) in [5.74, 6) is -0.308. The van der Waals surface area contributed by atoms with Crippen molar-refractivity contribution < 1.29 is 7.13 Å². The van der Waals surface area contributed by atoms with Crippen LogP contribution >= 0.6 is 0 Å². The van der Waals surface area contributed by atoms with Crippen LogP contribution in [0, 0.1) is 12.7 Å². The Hall–Kier alpha value is -2.26. The third kappa shape index (κ3) is 3.88. The third-order valence-electron chi connectivity index (χ3n) is 4.23. The number of rotatable bonds is 4. The van der Waals surface area contributed by atoms with Crippen molar-refractivity contribution >= 4 is 13.3 Å². The molecule has 0 N–H and O–H groups in total. The van der Waals surface area contributed by atoms with Gasteiger partial charge in [0.15, 0.2) is 0 Å². The summed E-state index contributed by atoms with van der Waals surface area (Å²) in [6.45, 7) is 8.23. The van der Waals surface area contributed by atoms with Gasteiger partial charge in [-0.3, -0.25) is 4.98 Å². The highest BCUT2D eigenvalue weighted by Gasteiger charge is 2.22. The van der Waals surface area contributed by atoms with Crippen molar-refractivity contribution in [1.82, 2.24) is 4.98 Å². The van der Waals surface area contributed by atoms with Crippen LogP contribution in [0.3, 0.4) is 0 Å². The molecule has 0 aliphatic carbocycles. The quantitative estimate of drug-likeness (QED) is 0.579. The molecule has 0 radical (unpaired) electrons. The van der Waals surface area contributed by atoms with E-state index >= 15 is 0 Å². The fourth-order valence-electron chi connectivity index (χ4n) is 2.83. The summed E-state index contributed by atoms with van der Waals surface area (Å²) in [4.78, 5) is 4.51. The number of halogens is 1. The van der Waals surface area contributed by atoms with Crippen LogP contribution in [0.25, 0.3) is 11.3 Å². The second kappa shape index (κ2) is 6.93. The second-order valence-electron chi connectivity index (χ2n) is 7.29. The Morgan fingerprint density at radius 1 is 1.04 bits per heavy atom. The molecule has 0 spiro atoms. The monoisotopic (exact) mass is 351 g/mol. The summed E-state index contributed by atoms with van der Waals surface area (Å²) in [6, 6.07) is 16.1. The highest BCUT2D eigenvalue weighted by Crippen LogP contribution is 2.24. The molecule has 1 nitrogen and oxygen atoms in total. The lowest BCUT2D eigenvalue weighted by Gasteiger charge is -2.21. The van der Waals surface area contributed by atoms with Gasteiger partial charge in [-0.25, -0.2) is 4.39 Å². The summed E-state index contributed by atoms with van der Waals surface area (Å²) in [7, 11) is -1.87. The highest BCUT2D eigenvalue weighted by atomic mass is 28.3. The van der Waals surface area contributed by atoms with Crippen LogP contribution < -0.4 is 5.19 Å². The Morgan fingerprint density at radius 2 is 1.76 bits per heavy atom. The zero-order chi connectivity index (χ0) is 19.8. The van der Waals surface area contributed by atoms with Gasteiger partial charge in [-0.1, -0.05) is 62.1 Å². The topological polar surface area (TPSA) is 12.9 Å². The molecular weight excluding hydrogens is 325 g/mol. The van der Waals surface area contributed by atoms with E-state index < -0.39 is 14.4 Å². The minimum Gasteiger partial charge on any atom is -0.256 e. The van der Waals surface area contributed by atoms with E-state index in [1.165, 1.54) is 0 Å². The molecule has 3 rings (SSSR count). The zero-order valence-corrected chi connectivity index (χ0v) is 16.1. The third-order valence-corrected chi connectivity index (χ3v) is 6.25. The first-order valence-corrected chi connectivity index (χ1v) is 11.9. The van der Waals surface area contributed by atoms with Gasteiger partial charge in [0.2, 0.25) is 0 Å². The van der Waals surface area contributed by atoms with Crippen molar-refractivity contribution in [2.75, 3.05) is 0 Å². The number of pyridine rings is 1. The summed E-state index contributed by atoms with van der Waals surface area (Å²) in [6.07, 6.45) is 0.0638. The van der Waals surface area contributed by atoms with Gasteiger partial charge in [0.25, 0.3) is 0 Å². The van der Waals surface area contributed by atoms with E-state index in [-0.39, 0.29) is 5.82 Å². The summed E-state index contributed by atoms with van der Waals surface area (Å²) in [5.41, 5.74) is 2.59. The molecule has 0 amide bonds. The van der Waals surface area contributed by atoms with Crippen LogP contribution in [0.15, 0.2) is 60.8 Å². The molecule has 25 heavy (non-hydrogen) atoms. The summed E-state index contributed by atoms with van der Waals surface area (Å²) < 4.78 is 32.4. The van der Waals surface area contributed by atoms with Crippen molar-refractivity contribution in [2.24, 2.45) is 0 Å². The lowest BCUT2D eigenvalue weighted by atomic mass is 10.0. The van der Waals surface area contributed by atoms with Crippen molar-refractivity contribution in [3.63, 3.8) is 0 Å². The largest absolute Gasteiger partial charge is 0.256 e. The van der Waals surface area contributed by atoms with Crippen molar-refractivity contribution in [1.29, 1.82) is 0 Å². The lowest BCUT2D eigenvalue weighted by molar-refractivity contribution is 0.621. The molecule has 3 aromatic rings. The zero-order valence-electron chi connectivity index (χ0n) is 17.1. The average molecular weight is 352 g/mol. The van der Waals surface area contributed by atoms with Gasteiger partial charge in [0.05, 0.1) is 13.8 Å². The second-order valence-corrected chi connectivity index (χ2v) is 12.3. The Bertz CT molecular complexity index is 966. The number of aryl methyl sites for hydroxylation is 1. The first-order valence-electron chi connectivity index (χ1n) is 9.44. The van der Waals surface area contributed by atoms with Gasteiger partial charge in [-0.05, 0) is 47.3 Å². The number of aromatic nitrogens is 1. The van der Waals surface area contributed by atoms with Gasteiger partial charge in [-0.15, -0.1) is 0 Å². The fraction of sp³-hybridized carbons (Fsp3) is 0.227. The van der Waals surface area contributed by atoms with Crippen LogP contribution in [0.5, 0.6) is 0 Å². The number of hydrogen-bond donors (Lipinski definition) is 0. The molecular formula is C22H24FNSi. The minimum absolute atomic E-state index is 0.308. The van der Waals surface area contributed by atoms with E-state index in [2.05, 4.69) is 24.6 Å². The number of hydrogen-bond acceptors (Lipinski definition) is 1. The molecule has 0 aliphatic heterocycles. The minimum atomic E-state index is -1.87. The maximum absolute atomic E-state index is 14.6. The van der Waals surface area contributed by atoms with Crippen LogP contribution in [0.1, 0.15) is 19.4 Å². The molecule has 2 aromatic carbocycles. The van der Waals surface area contributed by atoms with Gasteiger partial charge < -0.3 is 0 Å². The van der Waals surface area contributed by atoms with Crippen molar-refractivity contribution in [2.45, 2.75) is 32.9 Å². The molecule has 0 unspecified atom stereocenters. The van der Waals surface area contributed by atoms with E-state index in [0.717, 1.165) is 5.19 Å². The van der Waals surface area contributed by atoms with Crippen molar-refractivity contribution in [3.05, 3.63) is 83.3 Å². The van der Waals surface area contributed by atoms with Crippen LogP contribution in [-0.4, -0.2) is 13.1 Å². The molecule has 0 fully saturated rings. The fourth-order valence-corrected chi connectivity index (χ4v) is 4.22. The first kappa shape index (κ1) is 15.0. The maximum Gasteiger partial charge on any atom is 0.135 e. The molecule has 0 saturated carbocycles. The van der Waals surface area contributed by atoms with Gasteiger partial charge in [0, 0.05) is 14.5 Å². The number of nitrogens with zero attached hydrogens (tertiary/aromatic N) is 1. The highest BCUT2D eigenvalue weighted by molar-refractivity contribution is 6.89. The van der Waals surface area contributed by atoms with E-state index in [4.69, 9.17) is 2.74 Å². The summed E-state index contributed by atoms with van der Waals surface area (Å²) >= 11 is 0. The van der Waals surface area contributed by atoms with E-state index in [1.54, 1.807) is 49.5 Å². The molecule has 1 heterocycles. The van der Waals surface area contributed by atoms with Gasteiger partial charge in [-0.2, -0.15) is 0 Å². The van der Waals surface area contributed by atoms with E-state index in [9.17, 15) is 4.39 Å². The van der Waals surface area contributed by atoms with Crippen LogP contribution in [-0.2, 0) is 6.37 Å². The van der Waals surface area contributed by atoms with Gasteiger partial charge in [0.1, 0.15) is 5.82 Å². The van der Waals surface area contributed by atoms with Crippen LogP contribution in [0.4, 0.5) is 4.39 Å². The molecule has 0 bridgehead atoms. The Morgan fingerprint density at radius 3 is 2.44 bits per heavy atom. The smallest absolute Gasteiger partial charge is 0.135 e. The predicted molar refractivity (Wildman–Crippen MR) is 107 cm³/mol. The lowest BCUT2D eigenvalue weighted by Crippen LogP contribution is -2.40. The molecule has 128 valence electrons. The maximum atomic E-state index is 14.6. The Labute approximate surface area is 153 Å².